The maximum atomic E-state index is 11.5. The van der Waals surface area contributed by atoms with E-state index in [1.54, 1.807) is 0 Å². The minimum atomic E-state index is -0.382. The smallest absolute Gasteiger partial charge is 0.227 e. The standard InChI is InChI=1S/C11H16BrNO/c1-7-10(2,6-12)8-3-4-11(7,5-8)9(13)14/h8H,1,3-6H2,2H3,(H2,13,14)/t8-,10+,11+/m1/s1. The fourth-order valence-electron chi connectivity index (χ4n) is 3.22. The van der Waals surface area contributed by atoms with E-state index >= 15 is 0 Å². The Kier molecular flexibility index (Phi) is 2.08. The number of nitrogens with two attached hydrogens (primary N) is 1. The number of rotatable bonds is 2. The average molecular weight is 258 g/mol. The Balaban J connectivity index is 2.44. The Bertz CT molecular complexity index is 314. The third kappa shape index (κ3) is 0.940. The molecule has 78 valence electrons. The molecule has 3 heteroatoms. The normalized spacial score (nSPS) is 45.9. The van der Waals surface area contributed by atoms with Crippen molar-refractivity contribution in [1.29, 1.82) is 0 Å². The maximum Gasteiger partial charge on any atom is 0.227 e. The van der Waals surface area contributed by atoms with Crippen molar-refractivity contribution in [2.24, 2.45) is 22.5 Å². The summed E-state index contributed by atoms with van der Waals surface area (Å²) in [6.07, 6.45) is 2.95. The number of primary amides is 1. The maximum absolute atomic E-state index is 11.5. The molecule has 0 aromatic carbocycles. The van der Waals surface area contributed by atoms with E-state index in [1.807, 2.05) is 0 Å². The van der Waals surface area contributed by atoms with Gasteiger partial charge >= 0.3 is 0 Å². The Hall–Kier alpha value is -0.310. The molecule has 2 N–H and O–H groups in total. The molecule has 14 heavy (non-hydrogen) atoms. The third-order valence-electron chi connectivity index (χ3n) is 4.43. The van der Waals surface area contributed by atoms with Gasteiger partial charge in [0, 0.05) is 10.7 Å². The zero-order chi connectivity index (χ0) is 10.6. The summed E-state index contributed by atoms with van der Waals surface area (Å²) < 4.78 is 0. The van der Waals surface area contributed by atoms with E-state index < -0.39 is 0 Å². The first-order chi connectivity index (χ1) is 6.47. The minimum absolute atomic E-state index is 0.0767. The van der Waals surface area contributed by atoms with E-state index in [1.165, 1.54) is 0 Å². The summed E-state index contributed by atoms with van der Waals surface area (Å²) in [6.45, 7) is 6.32. The lowest BCUT2D eigenvalue weighted by molar-refractivity contribution is -0.125. The van der Waals surface area contributed by atoms with Crippen LogP contribution in [0.15, 0.2) is 12.2 Å². The van der Waals surface area contributed by atoms with Crippen LogP contribution < -0.4 is 5.73 Å². The first-order valence-electron chi connectivity index (χ1n) is 5.03. The molecule has 2 aliphatic rings. The van der Waals surface area contributed by atoms with Crippen LogP contribution in [0.25, 0.3) is 0 Å². The van der Waals surface area contributed by atoms with Crippen molar-refractivity contribution in [3.8, 4) is 0 Å². The molecular weight excluding hydrogens is 242 g/mol. The van der Waals surface area contributed by atoms with Gasteiger partial charge in [-0.1, -0.05) is 35.0 Å². The summed E-state index contributed by atoms with van der Waals surface area (Å²) in [5.74, 6) is 0.413. The molecule has 2 saturated carbocycles. The van der Waals surface area contributed by atoms with Gasteiger partial charge in [0.2, 0.25) is 5.91 Å². The summed E-state index contributed by atoms with van der Waals surface area (Å²) in [6, 6.07) is 0. The number of halogens is 1. The number of carbonyl (C=O) groups is 1. The van der Waals surface area contributed by atoms with E-state index in [0.717, 1.165) is 30.2 Å². The molecule has 0 saturated heterocycles. The number of alkyl halides is 1. The van der Waals surface area contributed by atoms with Crippen LogP contribution in [0.2, 0.25) is 0 Å². The SMILES string of the molecule is C=C1[C@]2(C(N)=O)CC[C@H](C2)[C@@]1(C)CBr. The van der Waals surface area contributed by atoms with Crippen LogP contribution in [0.1, 0.15) is 26.2 Å². The second kappa shape index (κ2) is 2.84. The monoisotopic (exact) mass is 257 g/mol. The lowest BCUT2D eigenvalue weighted by Crippen LogP contribution is -2.39. The van der Waals surface area contributed by atoms with Crippen LogP contribution in [-0.4, -0.2) is 11.2 Å². The zero-order valence-electron chi connectivity index (χ0n) is 8.48. The Morgan fingerprint density at radius 2 is 2.43 bits per heavy atom. The topological polar surface area (TPSA) is 43.1 Å². The van der Waals surface area contributed by atoms with Crippen molar-refractivity contribution in [3.63, 3.8) is 0 Å². The zero-order valence-corrected chi connectivity index (χ0v) is 10.1. The lowest BCUT2D eigenvalue weighted by Gasteiger charge is -2.37. The predicted octanol–water partition coefficient (Wildman–Crippen LogP) is 2.23. The van der Waals surface area contributed by atoms with Crippen LogP contribution in [0.5, 0.6) is 0 Å². The van der Waals surface area contributed by atoms with E-state index in [0.29, 0.717) is 5.92 Å². The van der Waals surface area contributed by atoms with Gasteiger partial charge in [-0.15, -0.1) is 0 Å². The second-order valence-electron chi connectivity index (χ2n) is 4.92. The molecule has 0 heterocycles. The first kappa shape index (κ1) is 10.2. The molecule has 3 atom stereocenters. The Morgan fingerprint density at radius 3 is 2.79 bits per heavy atom. The first-order valence-corrected chi connectivity index (χ1v) is 6.15. The molecule has 0 radical (unpaired) electrons. The summed E-state index contributed by atoms with van der Waals surface area (Å²) in [4.78, 5) is 11.5. The van der Waals surface area contributed by atoms with Gasteiger partial charge < -0.3 is 5.73 Å². The fraction of sp³-hybridized carbons (Fsp3) is 0.727. The molecule has 2 bridgehead atoms. The molecule has 1 amide bonds. The van der Waals surface area contributed by atoms with Crippen LogP contribution >= 0.6 is 15.9 Å². The third-order valence-corrected chi connectivity index (χ3v) is 5.60. The molecule has 0 spiro atoms. The van der Waals surface area contributed by atoms with Crippen LogP contribution in [0.3, 0.4) is 0 Å². The minimum Gasteiger partial charge on any atom is -0.369 e. The van der Waals surface area contributed by atoms with Gasteiger partial charge in [-0.25, -0.2) is 0 Å². The molecule has 2 nitrogen and oxygen atoms in total. The van der Waals surface area contributed by atoms with Gasteiger partial charge in [-0.05, 0) is 25.2 Å². The summed E-state index contributed by atoms with van der Waals surface area (Å²) in [5, 5.41) is 0.887. The molecule has 2 fully saturated rings. The highest BCUT2D eigenvalue weighted by Crippen LogP contribution is 2.65. The second-order valence-corrected chi connectivity index (χ2v) is 5.48. The van der Waals surface area contributed by atoms with Crippen molar-refractivity contribution in [2.75, 3.05) is 5.33 Å². The van der Waals surface area contributed by atoms with Crippen molar-refractivity contribution in [3.05, 3.63) is 12.2 Å². The molecule has 2 aliphatic carbocycles. The average Bonchev–Trinajstić information content (AvgIpc) is 2.67. The van der Waals surface area contributed by atoms with Crippen LogP contribution in [-0.2, 0) is 4.79 Å². The van der Waals surface area contributed by atoms with Gasteiger partial charge in [0.15, 0.2) is 0 Å². The highest BCUT2D eigenvalue weighted by molar-refractivity contribution is 9.09. The molecule has 2 rings (SSSR count). The van der Waals surface area contributed by atoms with Crippen molar-refractivity contribution in [1.82, 2.24) is 0 Å². The Morgan fingerprint density at radius 1 is 1.79 bits per heavy atom. The highest BCUT2D eigenvalue weighted by Gasteiger charge is 2.61. The highest BCUT2D eigenvalue weighted by atomic mass is 79.9. The summed E-state index contributed by atoms with van der Waals surface area (Å²) in [5.41, 5.74) is 6.28. The van der Waals surface area contributed by atoms with Gasteiger partial charge in [-0.3, -0.25) is 4.79 Å². The molecular formula is C11H16BrNO. The van der Waals surface area contributed by atoms with E-state index in [2.05, 4.69) is 29.4 Å². The van der Waals surface area contributed by atoms with Crippen molar-refractivity contribution in [2.45, 2.75) is 26.2 Å². The number of hydrogen-bond donors (Lipinski definition) is 1. The molecule has 0 aromatic rings. The van der Waals surface area contributed by atoms with Gasteiger partial charge in [0.25, 0.3) is 0 Å². The quantitative estimate of drug-likeness (QED) is 0.599. The molecule has 0 aromatic heterocycles. The summed E-state index contributed by atoms with van der Waals surface area (Å²) >= 11 is 3.53. The number of carbonyl (C=O) groups excluding carboxylic acids is 1. The predicted molar refractivity (Wildman–Crippen MR) is 60.0 cm³/mol. The van der Waals surface area contributed by atoms with Crippen molar-refractivity contribution < 1.29 is 4.79 Å². The Labute approximate surface area is 93.1 Å². The number of amides is 1. The molecule has 0 aliphatic heterocycles. The van der Waals surface area contributed by atoms with Crippen LogP contribution in [0.4, 0.5) is 0 Å². The van der Waals surface area contributed by atoms with E-state index in [4.69, 9.17) is 5.73 Å². The molecule has 0 unspecified atom stereocenters. The van der Waals surface area contributed by atoms with Crippen LogP contribution in [0, 0.1) is 16.7 Å². The number of fused-ring (bicyclic) bond motifs is 2. The van der Waals surface area contributed by atoms with Gasteiger partial charge in [-0.2, -0.15) is 0 Å². The van der Waals surface area contributed by atoms with Gasteiger partial charge in [0.1, 0.15) is 0 Å². The van der Waals surface area contributed by atoms with E-state index in [-0.39, 0.29) is 16.7 Å². The lowest BCUT2D eigenvalue weighted by atomic mass is 9.68. The summed E-state index contributed by atoms with van der Waals surface area (Å²) in [7, 11) is 0. The fourth-order valence-corrected chi connectivity index (χ4v) is 4.01. The van der Waals surface area contributed by atoms with Gasteiger partial charge in [0.05, 0.1) is 5.41 Å². The number of hydrogen-bond acceptors (Lipinski definition) is 1. The van der Waals surface area contributed by atoms with E-state index in [9.17, 15) is 4.79 Å². The van der Waals surface area contributed by atoms with Crippen molar-refractivity contribution >= 4 is 21.8 Å². The largest absolute Gasteiger partial charge is 0.369 e.